The van der Waals surface area contributed by atoms with Crippen molar-refractivity contribution < 1.29 is 9.53 Å². The van der Waals surface area contributed by atoms with Gasteiger partial charge in [-0.25, -0.2) is 4.98 Å². The number of aromatic nitrogens is 2. The van der Waals surface area contributed by atoms with Crippen molar-refractivity contribution in [2.45, 2.75) is 51.5 Å². The molecule has 0 radical (unpaired) electrons. The van der Waals surface area contributed by atoms with Crippen molar-refractivity contribution >= 4 is 16.9 Å². The van der Waals surface area contributed by atoms with Crippen LogP contribution in [-0.2, 0) is 11.2 Å². The minimum Gasteiger partial charge on any atom is -0.457 e. The monoisotopic (exact) mass is 406 g/mol. The van der Waals surface area contributed by atoms with Crippen molar-refractivity contribution in [3.8, 4) is 11.5 Å². The van der Waals surface area contributed by atoms with E-state index in [-0.39, 0.29) is 11.8 Å². The maximum atomic E-state index is 12.7. The molecule has 6 heteroatoms. The van der Waals surface area contributed by atoms with Crippen LogP contribution < -0.4 is 15.8 Å². The number of H-pyrrole nitrogens is 1. The van der Waals surface area contributed by atoms with E-state index in [4.69, 9.17) is 10.5 Å². The highest BCUT2D eigenvalue weighted by Crippen LogP contribution is 2.31. The smallest absolute Gasteiger partial charge is 0.224 e. The second-order valence-electron chi connectivity index (χ2n) is 8.23. The van der Waals surface area contributed by atoms with Gasteiger partial charge in [-0.15, -0.1) is 0 Å². The highest BCUT2D eigenvalue weighted by atomic mass is 16.5. The molecular formula is C24H30N4O2. The minimum absolute atomic E-state index is 0.0758. The van der Waals surface area contributed by atoms with Gasteiger partial charge in [0.25, 0.3) is 0 Å². The number of pyridine rings is 1. The van der Waals surface area contributed by atoms with E-state index in [1.165, 1.54) is 19.3 Å². The number of nitrogens with one attached hydrogen (secondary N) is 2. The van der Waals surface area contributed by atoms with Crippen LogP contribution in [0.1, 0.15) is 43.2 Å². The zero-order chi connectivity index (χ0) is 20.9. The van der Waals surface area contributed by atoms with Gasteiger partial charge in [0.1, 0.15) is 17.1 Å². The largest absolute Gasteiger partial charge is 0.457 e. The Morgan fingerprint density at radius 3 is 2.73 bits per heavy atom. The molecule has 0 spiro atoms. The Labute approximate surface area is 177 Å². The molecule has 1 aromatic carbocycles. The van der Waals surface area contributed by atoms with Crippen LogP contribution in [0.5, 0.6) is 11.5 Å². The van der Waals surface area contributed by atoms with Crippen LogP contribution in [-0.4, -0.2) is 28.5 Å². The molecule has 0 bridgehead atoms. The Hall–Kier alpha value is -2.86. The van der Waals surface area contributed by atoms with Gasteiger partial charge in [0.05, 0.1) is 11.3 Å². The number of carbonyl (C=O) groups excluding carboxylic acids is 1. The van der Waals surface area contributed by atoms with Gasteiger partial charge in [-0.1, -0.05) is 31.4 Å². The van der Waals surface area contributed by atoms with E-state index < -0.39 is 0 Å². The molecule has 2 heterocycles. The lowest BCUT2D eigenvalue weighted by atomic mass is 9.93. The van der Waals surface area contributed by atoms with Crippen molar-refractivity contribution in [1.82, 2.24) is 15.3 Å². The van der Waals surface area contributed by atoms with Crippen LogP contribution in [0.15, 0.2) is 42.7 Å². The van der Waals surface area contributed by atoms with Crippen molar-refractivity contribution in [2.24, 2.45) is 11.7 Å². The fourth-order valence-corrected chi connectivity index (χ4v) is 4.22. The summed E-state index contributed by atoms with van der Waals surface area (Å²) < 4.78 is 6.10. The molecule has 0 saturated heterocycles. The number of benzene rings is 1. The van der Waals surface area contributed by atoms with E-state index in [0.29, 0.717) is 19.0 Å². The summed E-state index contributed by atoms with van der Waals surface area (Å²) in [6.07, 6.45) is 10.1. The van der Waals surface area contributed by atoms with Gasteiger partial charge in [0.15, 0.2) is 0 Å². The number of rotatable bonds is 7. The first kappa shape index (κ1) is 20.4. The van der Waals surface area contributed by atoms with E-state index >= 15 is 0 Å². The van der Waals surface area contributed by atoms with Crippen LogP contribution in [0, 0.1) is 12.8 Å². The Morgan fingerprint density at radius 1 is 1.23 bits per heavy atom. The maximum Gasteiger partial charge on any atom is 0.224 e. The van der Waals surface area contributed by atoms with Crippen LogP contribution in [0.2, 0.25) is 0 Å². The van der Waals surface area contributed by atoms with Gasteiger partial charge in [0.2, 0.25) is 5.91 Å². The summed E-state index contributed by atoms with van der Waals surface area (Å²) >= 11 is 0. The third kappa shape index (κ3) is 4.65. The number of aromatic amines is 1. The van der Waals surface area contributed by atoms with E-state index in [1.807, 2.05) is 43.5 Å². The van der Waals surface area contributed by atoms with Gasteiger partial charge in [0, 0.05) is 25.0 Å². The number of carbonyl (C=O) groups is 1. The SMILES string of the molecule is Cc1c[nH]c2nccc(Oc3ccc(CC(CN)C(=O)NC4CCCCC4)cc3)c12. The van der Waals surface area contributed by atoms with Crippen LogP contribution in [0.25, 0.3) is 11.0 Å². The molecule has 1 atom stereocenters. The molecule has 1 unspecified atom stereocenters. The standard InChI is InChI=1S/C24H30N4O2/c1-16-15-27-23-22(16)21(11-12-26-23)30-20-9-7-17(8-10-20)13-18(14-25)24(29)28-19-5-3-2-4-6-19/h7-12,15,18-19H,2-6,13-14,25H2,1H3,(H,26,27)(H,28,29). The van der Waals surface area contributed by atoms with Gasteiger partial charge in [-0.05, 0) is 55.5 Å². The van der Waals surface area contributed by atoms with Gasteiger partial charge in [-0.2, -0.15) is 0 Å². The molecular weight excluding hydrogens is 376 g/mol. The molecule has 1 amide bonds. The topological polar surface area (TPSA) is 93.0 Å². The number of hydrogen-bond donors (Lipinski definition) is 3. The Bertz CT molecular complexity index is 990. The number of nitrogens with two attached hydrogens (primary N) is 1. The zero-order valence-corrected chi connectivity index (χ0v) is 17.5. The quantitative estimate of drug-likeness (QED) is 0.547. The fraction of sp³-hybridized carbons (Fsp3) is 0.417. The van der Waals surface area contributed by atoms with E-state index in [1.54, 1.807) is 6.20 Å². The number of aryl methyl sites for hydroxylation is 1. The average molecular weight is 407 g/mol. The first-order chi connectivity index (χ1) is 14.6. The second kappa shape index (κ2) is 9.30. The molecule has 1 aliphatic carbocycles. The third-order valence-corrected chi connectivity index (χ3v) is 5.97. The summed E-state index contributed by atoms with van der Waals surface area (Å²) in [6.45, 7) is 2.38. The molecule has 158 valence electrons. The summed E-state index contributed by atoms with van der Waals surface area (Å²) in [5.41, 5.74) is 8.91. The lowest BCUT2D eigenvalue weighted by Crippen LogP contribution is -2.42. The van der Waals surface area contributed by atoms with Crippen LogP contribution in [0.3, 0.4) is 0 Å². The van der Waals surface area contributed by atoms with Gasteiger partial charge in [-0.3, -0.25) is 4.79 Å². The molecule has 0 aliphatic heterocycles. The van der Waals surface area contributed by atoms with E-state index in [9.17, 15) is 4.79 Å². The molecule has 6 nitrogen and oxygen atoms in total. The summed E-state index contributed by atoms with van der Waals surface area (Å²) in [7, 11) is 0. The van der Waals surface area contributed by atoms with E-state index in [2.05, 4.69) is 15.3 Å². The summed E-state index contributed by atoms with van der Waals surface area (Å²) in [5.74, 6) is 1.40. The van der Waals surface area contributed by atoms with Gasteiger partial charge >= 0.3 is 0 Å². The summed E-state index contributed by atoms with van der Waals surface area (Å²) in [6, 6.07) is 10.1. The predicted molar refractivity (Wildman–Crippen MR) is 119 cm³/mol. The molecule has 3 aromatic rings. The minimum atomic E-state index is -0.207. The number of ether oxygens (including phenoxy) is 1. The molecule has 30 heavy (non-hydrogen) atoms. The van der Waals surface area contributed by atoms with Crippen molar-refractivity contribution in [2.75, 3.05) is 6.54 Å². The highest BCUT2D eigenvalue weighted by molar-refractivity contribution is 5.86. The maximum absolute atomic E-state index is 12.7. The Balaban J connectivity index is 1.40. The molecule has 2 aromatic heterocycles. The molecule has 1 fully saturated rings. The van der Waals surface area contributed by atoms with Crippen molar-refractivity contribution in [3.63, 3.8) is 0 Å². The number of nitrogens with zero attached hydrogens (tertiary/aromatic N) is 1. The molecule has 4 N–H and O–H groups in total. The predicted octanol–water partition coefficient (Wildman–Crippen LogP) is 4.23. The zero-order valence-electron chi connectivity index (χ0n) is 17.5. The second-order valence-corrected chi connectivity index (χ2v) is 8.23. The first-order valence-electron chi connectivity index (χ1n) is 10.8. The Morgan fingerprint density at radius 2 is 2.00 bits per heavy atom. The van der Waals surface area contributed by atoms with Crippen molar-refractivity contribution in [1.29, 1.82) is 0 Å². The third-order valence-electron chi connectivity index (χ3n) is 5.97. The number of amides is 1. The highest BCUT2D eigenvalue weighted by Gasteiger charge is 2.22. The first-order valence-corrected chi connectivity index (χ1v) is 10.8. The Kier molecular flexibility index (Phi) is 6.33. The van der Waals surface area contributed by atoms with E-state index in [0.717, 1.165) is 46.5 Å². The number of hydrogen-bond acceptors (Lipinski definition) is 4. The molecule has 4 rings (SSSR count). The summed E-state index contributed by atoms with van der Waals surface area (Å²) in [5, 5.41) is 4.19. The lowest BCUT2D eigenvalue weighted by Gasteiger charge is -2.25. The van der Waals surface area contributed by atoms with Crippen LogP contribution >= 0.6 is 0 Å². The number of fused-ring (bicyclic) bond motifs is 1. The molecule has 1 saturated carbocycles. The fourth-order valence-electron chi connectivity index (χ4n) is 4.22. The lowest BCUT2D eigenvalue weighted by molar-refractivity contribution is -0.125. The normalized spacial score (nSPS) is 15.8. The molecule has 1 aliphatic rings. The van der Waals surface area contributed by atoms with Gasteiger partial charge < -0.3 is 20.8 Å². The van der Waals surface area contributed by atoms with Crippen LogP contribution in [0.4, 0.5) is 0 Å². The van der Waals surface area contributed by atoms with Crippen molar-refractivity contribution in [3.05, 3.63) is 53.9 Å². The average Bonchev–Trinajstić information content (AvgIpc) is 3.15. The summed E-state index contributed by atoms with van der Waals surface area (Å²) in [4.78, 5) is 20.1.